The Morgan fingerprint density at radius 2 is 2.30 bits per heavy atom. The van der Waals surface area contributed by atoms with E-state index in [0.717, 1.165) is 30.1 Å². The maximum atomic E-state index is 11.9. The van der Waals surface area contributed by atoms with Crippen LogP contribution in [0, 0.1) is 0 Å². The van der Waals surface area contributed by atoms with Crippen molar-refractivity contribution in [3.63, 3.8) is 0 Å². The van der Waals surface area contributed by atoms with Crippen molar-refractivity contribution < 1.29 is 13.9 Å². The molecule has 0 radical (unpaired) electrons. The topological polar surface area (TPSA) is 51.5 Å². The molecule has 1 heterocycles. The molecule has 114 valence electrons. The molecular formula is C15H25NO3S. The van der Waals surface area contributed by atoms with E-state index in [4.69, 9.17) is 9.15 Å². The number of carbonyl (C=O) groups is 1. The first-order chi connectivity index (χ1) is 9.48. The molecule has 0 saturated heterocycles. The van der Waals surface area contributed by atoms with Crippen LogP contribution in [0.2, 0.25) is 0 Å². The first kappa shape index (κ1) is 17.1. The van der Waals surface area contributed by atoms with E-state index >= 15 is 0 Å². The van der Waals surface area contributed by atoms with Gasteiger partial charge in [-0.2, -0.15) is 11.8 Å². The van der Waals surface area contributed by atoms with Gasteiger partial charge in [0.05, 0.1) is 19.1 Å². The second-order valence-corrected chi connectivity index (χ2v) is 6.46. The van der Waals surface area contributed by atoms with E-state index in [0.29, 0.717) is 0 Å². The molecule has 4 nitrogen and oxygen atoms in total. The van der Waals surface area contributed by atoms with Crippen molar-refractivity contribution >= 4 is 17.7 Å². The second kappa shape index (κ2) is 8.37. The summed E-state index contributed by atoms with van der Waals surface area (Å²) in [6.45, 7) is 5.98. The zero-order chi connectivity index (χ0) is 15.0. The lowest BCUT2D eigenvalue weighted by molar-refractivity contribution is -0.148. The number of rotatable bonds is 9. The number of carbonyl (C=O) groups excluding carboxylic acids is 1. The summed E-state index contributed by atoms with van der Waals surface area (Å²) in [5.74, 6) is 2.67. The van der Waals surface area contributed by atoms with Crippen LogP contribution in [0.25, 0.3) is 0 Å². The van der Waals surface area contributed by atoms with E-state index in [-0.39, 0.29) is 12.0 Å². The summed E-state index contributed by atoms with van der Waals surface area (Å²) in [7, 11) is 1.44. The van der Waals surface area contributed by atoms with Gasteiger partial charge < -0.3 is 9.15 Å². The van der Waals surface area contributed by atoms with Crippen LogP contribution in [-0.4, -0.2) is 30.4 Å². The van der Waals surface area contributed by atoms with Crippen LogP contribution < -0.4 is 5.32 Å². The Bertz CT molecular complexity index is 392. The Kier molecular flexibility index (Phi) is 7.16. The first-order valence-corrected chi connectivity index (χ1v) is 8.09. The molecule has 1 N–H and O–H groups in total. The summed E-state index contributed by atoms with van der Waals surface area (Å²) >= 11 is 1.82. The Labute approximate surface area is 125 Å². The minimum atomic E-state index is -0.603. The number of nitrogens with one attached hydrogen (secondary N) is 1. The molecule has 0 amide bonds. The molecule has 1 rings (SSSR count). The largest absolute Gasteiger partial charge is 0.468 e. The molecule has 0 bridgehead atoms. The lowest BCUT2D eigenvalue weighted by atomic mass is 9.95. The van der Waals surface area contributed by atoms with Crippen molar-refractivity contribution in [3.05, 3.63) is 24.2 Å². The van der Waals surface area contributed by atoms with E-state index in [1.165, 1.54) is 7.11 Å². The predicted octanol–water partition coefficient (Wildman–Crippen LogP) is 3.22. The fraction of sp³-hybridized carbons (Fsp3) is 0.667. The zero-order valence-corrected chi connectivity index (χ0v) is 13.6. The van der Waals surface area contributed by atoms with Crippen molar-refractivity contribution in [2.45, 2.75) is 50.9 Å². The standard InChI is InChI=1S/C15H25NO3S/c1-12(2)16-15(3,14(17)18-4)8-6-10-20-11-13-7-5-9-19-13/h5,7,9,12,16H,6,8,10-11H2,1-4H3. The summed E-state index contributed by atoms with van der Waals surface area (Å²) in [5, 5.41) is 3.31. The number of esters is 1. The molecule has 0 aliphatic heterocycles. The van der Waals surface area contributed by atoms with Crippen LogP contribution in [-0.2, 0) is 15.3 Å². The quantitative estimate of drug-likeness (QED) is 0.560. The van der Waals surface area contributed by atoms with Crippen LogP contribution >= 0.6 is 11.8 Å². The number of ether oxygens (including phenoxy) is 1. The molecule has 20 heavy (non-hydrogen) atoms. The molecule has 1 unspecified atom stereocenters. The van der Waals surface area contributed by atoms with Crippen LogP contribution in [0.4, 0.5) is 0 Å². The third kappa shape index (κ3) is 5.59. The van der Waals surface area contributed by atoms with Crippen LogP contribution in [0.1, 0.15) is 39.4 Å². The normalized spacial score (nSPS) is 14.2. The van der Waals surface area contributed by atoms with Gasteiger partial charge in [-0.25, -0.2) is 0 Å². The van der Waals surface area contributed by atoms with Crippen molar-refractivity contribution in [3.8, 4) is 0 Å². The van der Waals surface area contributed by atoms with Gasteiger partial charge in [-0.15, -0.1) is 0 Å². The van der Waals surface area contributed by atoms with Crippen molar-refractivity contribution in [2.75, 3.05) is 12.9 Å². The Balaban J connectivity index is 2.33. The fourth-order valence-electron chi connectivity index (χ4n) is 2.19. The smallest absolute Gasteiger partial charge is 0.325 e. The van der Waals surface area contributed by atoms with Crippen LogP contribution in [0.15, 0.2) is 22.8 Å². The van der Waals surface area contributed by atoms with E-state index in [1.54, 1.807) is 6.26 Å². The van der Waals surface area contributed by atoms with Gasteiger partial charge in [-0.1, -0.05) is 0 Å². The third-order valence-electron chi connectivity index (χ3n) is 3.03. The van der Waals surface area contributed by atoms with Gasteiger partial charge in [-0.05, 0) is 51.5 Å². The number of hydrogen-bond donors (Lipinski definition) is 1. The highest BCUT2D eigenvalue weighted by molar-refractivity contribution is 7.98. The maximum Gasteiger partial charge on any atom is 0.325 e. The summed E-state index contributed by atoms with van der Waals surface area (Å²) < 4.78 is 10.2. The fourth-order valence-corrected chi connectivity index (χ4v) is 3.05. The Morgan fingerprint density at radius 1 is 1.55 bits per heavy atom. The molecule has 0 fully saturated rings. The lowest BCUT2D eigenvalue weighted by Gasteiger charge is -2.30. The van der Waals surface area contributed by atoms with E-state index < -0.39 is 5.54 Å². The average Bonchev–Trinajstić information content (AvgIpc) is 2.89. The van der Waals surface area contributed by atoms with E-state index in [1.807, 2.05) is 44.7 Å². The number of furan rings is 1. The average molecular weight is 299 g/mol. The highest BCUT2D eigenvalue weighted by Crippen LogP contribution is 2.19. The van der Waals surface area contributed by atoms with Crippen molar-refractivity contribution in [1.29, 1.82) is 0 Å². The Hall–Kier alpha value is -0.940. The van der Waals surface area contributed by atoms with Gasteiger partial charge in [0.2, 0.25) is 0 Å². The molecule has 0 spiro atoms. The highest BCUT2D eigenvalue weighted by Gasteiger charge is 2.33. The third-order valence-corrected chi connectivity index (χ3v) is 4.10. The van der Waals surface area contributed by atoms with Gasteiger partial charge in [0.15, 0.2) is 0 Å². The molecule has 1 atom stereocenters. The van der Waals surface area contributed by atoms with Gasteiger partial charge in [0.25, 0.3) is 0 Å². The minimum Gasteiger partial charge on any atom is -0.468 e. The zero-order valence-electron chi connectivity index (χ0n) is 12.8. The van der Waals surface area contributed by atoms with Gasteiger partial charge in [0.1, 0.15) is 11.3 Å². The number of hydrogen-bond acceptors (Lipinski definition) is 5. The number of thioether (sulfide) groups is 1. The SMILES string of the molecule is COC(=O)C(C)(CCCSCc1ccco1)NC(C)C. The molecular weight excluding hydrogens is 274 g/mol. The van der Waals surface area contributed by atoms with Gasteiger partial charge in [0, 0.05) is 6.04 Å². The van der Waals surface area contributed by atoms with Crippen molar-refractivity contribution in [2.24, 2.45) is 0 Å². The summed E-state index contributed by atoms with van der Waals surface area (Å²) in [6.07, 6.45) is 3.41. The van der Waals surface area contributed by atoms with Crippen LogP contribution in [0.5, 0.6) is 0 Å². The van der Waals surface area contributed by atoms with Crippen LogP contribution in [0.3, 0.4) is 0 Å². The second-order valence-electron chi connectivity index (χ2n) is 5.36. The minimum absolute atomic E-state index is 0.192. The molecule has 1 aromatic heterocycles. The summed E-state index contributed by atoms with van der Waals surface area (Å²) in [6, 6.07) is 4.12. The first-order valence-electron chi connectivity index (χ1n) is 6.94. The molecule has 5 heteroatoms. The lowest BCUT2D eigenvalue weighted by Crippen LogP contribution is -2.53. The van der Waals surface area contributed by atoms with Gasteiger partial charge in [-0.3, -0.25) is 10.1 Å². The molecule has 1 aromatic rings. The maximum absolute atomic E-state index is 11.9. The molecule has 0 saturated carbocycles. The van der Waals surface area contributed by atoms with E-state index in [2.05, 4.69) is 5.32 Å². The van der Waals surface area contributed by atoms with Gasteiger partial charge >= 0.3 is 5.97 Å². The van der Waals surface area contributed by atoms with E-state index in [9.17, 15) is 4.79 Å². The monoisotopic (exact) mass is 299 g/mol. The summed E-state index contributed by atoms with van der Waals surface area (Å²) in [5.41, 5.74) is -0.603. The molecule has 0 aliphatic rings. The Morgan fingerprint density at radius 3 is 2.85 bits per heavy atom. The highest BCUT2D eigenvalue weighted by atomic mass is 32.2. The number of methoxy groups -OCH3 is 1. The summed E-state index contributed by atoms with van der Waals surface area (Å²) in [4.78, 5) is 11.9. The van der Waals surface area contributed by atoms with Crippen molar-refractivity contribution in [1.82, 2.24) is 5.32 Å². The molecule has 0 aliphatic carbocycles. The molecule has 0 aromatic carbocycles. The predicted molar refractivity (Wildman–Crippen MR) is 82.8 cm³/mol.